The normalized spacial score (nSPS) is 13.2. The maximum atomic E-state index is 11.3. The standard InChI is InChI=1S/C14H11ClN2O3/c15-8-1-3-9(4-2-8)20-12-6-11-13(5-10(12)16)19-7-14(18)17-11/h1-6H,7,16H2,(H,17,18). The van der Waals surface area contributed by atoms with E-state index in [1.54, 1.807) is 36.4 Å². The first-order chi connectivity index (χ1) is 9.61. The number of fused-ring (bicyclic) bond motifs is 1. The van der Waals surface area contributed by atoms with Crippen molar-refractivity contribution in [2.45, 2.75) is 0 Å². The third kappa shape index (κ3) is 2.48. The molecule has 3 rings (SSSR count). The van der Waals surface area contributed by atoms with Crippen molar-refractivity contribution in [2.75, 3.05) is 17.7 Å². The van der Waals surface area contributed by atoms with Gasteiger partial charge in [0.15, 0.2) is 12.4 Å². The number of amides is 1. The van der Waals surface area contributed by atoms with Crippen LogP contribution in [0.15, 0.2) is 36.4 Å². The second-order valence-electron chi connectivity index (χ2n) is 4.28. The monoisotopic (exact) mass is 290 g/mol. The quantitative estimate of drug-likeness (QED) is 0.834. The van der Waals surface area contributed by atoms with E-state index < -0.39 is 0 Å². The second-order valence-corrected chi connectivity index (χ2v) is 4.72. The molecule has 0 atom stereocenters. The Labute approximate surface area is 120 Å². The third-order valence-corrected chi connectivity index (χ3v) is 3.04. The van der Waals surface area contributed by atoms with E-state index in [4.69, 9.17) is 26.8 Å². The lowest BCUT2D eigenvalue weighted by Crippen LogP contribution is -2.25. The molecular formula is C14H11ClN2O3. The Kier molecular flexibility index (Phi) is 3.12. The molecule has 2 aromatic rings. The average Bonchev–Trinajstić information content (AvgIpc) is 2.42. The maximum absolute atomic E-state index is 11.3. The minimum atomic E-state index is -0.209. The highest BCUT2D eigenvalue weighted by molar-refractivity contribution is 6.30. The molecule has 0 aromatic heterocycles. The van der Waals surface area contributed by atoms with Crippen LogP contribution in [0, 0.1) is 0 Å². The molecule has 20 heavy (non-hydrogen) atoms. The summed E-state index contributed by atoms with van der Waals surface area (Å²) in [5, 5.41) is 3.32. The van der Waals surface area contributed by atoms with E-state index in [-0.39, 0.29) is 12.5 Å². The van der Waals surface area contributed by atoms with Crippen LogP contribution in [0.25, 0.3) is 0 Å². The summed E-state index contributed by atoms with van der Waals surface area (Å²) in [6.45, 7) is -0.0101. The van der Waals surface area contributed by atoms with E-state index >= 15 is 0 Å². The molecule has 1 aliphatic heterocycles. The molecule has 0 spiro atoms. The number of carbonyl (C=O) groups excluding carboxylic acids is 1. The largest absolute Gasteiger partial charge is 0.481 e. The Bertz CT molecular complexity index is 671. The van der Waals surface area contributed by atoms with Crippen molar-refractivity contribution in [2.24, 2.45) is 0 Å². The molecule has 0 saturated heterocycles. The van der Waals surface area contributed by atoms with Crippen molar-refractivity contribution in [3.8, 4) is 17.2 Å². The lowest BCUT2D eigenvalue weighted by molar-refractivity contribution is -0.118. The van der Waals surface area contributed by atoms with Gasteiger partial charge in [0.25, 0.3) is 5.91 Å². The Morgan fingerprint density at radius 2 is 2.00 bits per heavy atom. The van der Waals surface area contributed by atoms with Crippen LogP contribution < -0.4 is 20.5 Å². The molecule has 0 radical (unpaired) electrons. The zero-order chi connectivity index (χ0) is 14.1. The van der Waals surface area contributed by atoms with Gasteiger partial charge in [-0.3, -0.25) is 4.79 Å². The van der Waals surface area contributed by atoms with Gasteiger partial charge in [0.2, 0.25) is 0 Å². The Balaban J connectivity index is 1.91. The van der Waals surface area contributed by atoms with E-state index in [1.165, 1.54) is 0 Å². The van der Waals surface area contributed by atoms with Gasteiger partial charge in [-0.2, -0.15) is 0 Å². The van der Waals surface area contributed by atoms with Crippen LogP contribution in [0.3, 0.4) is 0 Å². The van der Waals surface area contributed by atoms with Crippen LogP contribution in [-0.4, -0.2) is 12.5 Å². The van der Waals surface area contributed by atoms with Gasteiger partial charge in [-0.05, 0) is 24.3 Å². The first kappa shape index (κ1) is 12.6. The van der Waals surface area contributed by atoms with Crippen LogP contribution in [0.2, 0.25) is 5.02 Å². The number of benzene rings is 2. The molecule has 6 heteroatoms. The number of ether oxygens (including phenoxy) is 2. The van der Waals surface area contributed by atoms with Crippen LogP contribution in [-0.2, 0) is 4.79 Å². The highest BCUT2D eigenvalue weighted by Crippen LogP contribution is 2.38. The van der Waals surface area contributed by atoms with Crippen molar-refractivity contribution in [1.29, 1.82) is 0 Å². The number of nitrogen functional groups attached to an aromatic ring is 1. The fourth-order valence-corrected chi connectivity index (χ4v) is 1.97. The molecule has 3 N–H and O–H groups in total. The zero-order valence-electron chi connectivity index (χ0n) is 10.4. The summed E-state index contributed by atoms with van der Waals surface area (Å²) in [5.74, 6) is 1.37. The van der Waals surface area contributed by atoms with Gasteiger partial charge in [-0.15, -0.1) is 0 Å². The minimum absolute atomic E-state index is 0.0101. The fourth-order valence-electron chi connectivity index (χ4n) is 1.84. The molecule has 0 aliphatic carbocycles. The smallest absolute Gasteiger partial charge is 0.262 e. The van der Waals surface area contributed by atoms with Crippen LogP contribution in [0.1, 0.15) is 0 Å². The van der Waals surface area contributed by atoms with Crippen LogP contribution in [0.4, 0.5) is 11.4 Å². The minimum Gasteiger partial charge on any atom is -0.481 e. The third-order valence-electron chi connectivity index (χ3n) is 2.79. The lowest BCUT2D eigenvalue weighted by Gasteiger charge is -2.19. The molecule has 0 unspecified atom stereocenters. The first-order valence-electron chi connectivity index (χ1n) is 5.91. The van der Waals surface area contributed by atoms with Crippen molar-refractivity contribution >= 4 is 28.9 Å². The number of nitrogens with one attached hydrogen (secondary N) is 1. The molecule has 2 aromatic carbocycles. The summed E-state index contributed by atoms with van der Waals surface area (Å²) in [6, 6.07) is 10.2. The molecule has 0 saturated carbocycles. The highest BCUT2D eigenvalue weighted by atomic mass is 35.5. The van der Waals surface area contributed by atoms with Gasteiger partial charge in [-0.1, -0.05) is 11.6 Å². The second kappa shape index (κ2) is 4.94. The Morgan fingerprint density at radius 3 is 2.75 bits per heavy atom. The van der Waals surface area contributed by atoms with E-state index in [9.17, 15) is 4.79 Å². The van der Waals surface area contributed by atoms with Gasteiger partial charge in [0, 0.05) is 17.2 Å². The van der Waals surface area contributed by atoms with Crippen molar-refractivity contribution in [1.82, 2.24) is 0 Å². The van der Waals surface area contributed by atoms with E-state index in [0.717, 1.165) is 0 Å². The predicted octanol–water partition coefficient (Wildman–Crippen LogP) is 3.05. The van der Waals surface area contributed by atoms with Gasteiger partial charge in [0.05, 0.1) is 11.4 Å². The predicted molar refractivity (Wildman–Crippen MR) is 76.5 cm³/mol. The number of halogens is 1. The number of carbonyl (C=O) groups is 1. The van der Waals surface area contributed by atoms with Crippen molar-refractivity contribution in [3.05, 3.63) is 41.4 Å². The number of hydrogen-bond acceptors (Lipinski definition) is 4. The summed E-state index contributed by atoms with van der Waals surface area (Å²) in [6.07, 6.45) is 0. The molecule has 1 amide bonds. The molecule has 5 nitrogen and oxygen atoms in total. The summed E-state index contributed by atoms with van der Waals surface area (Å²) in [5.41, 5.74) is 6.88. The van der Waals surface area contributed by atoms with E-state index in [1.807, 2.05) is 0 Å². The van der Waals surface area contributed by atoms with Crippen molar-refractivity contribution in [3.63, 3.8) is 0 Å². The Hall–Kier alpha value is -2.40. The van der Waals surface area contributed by atoms with E-state index in [2.05, 4.69) is 5.32 Å². The number of anilines is 2. The first-order valence-corrected chi connectivity index (χ1v) is 6.29. The molecule has 1 heterocycles. The summed E-state index contributed by atoms with van der Waals surface area (Å²) >= 11 is 5.81. The molecule has 0 bridgehead atoms. The maximum Gasteiger partial charge on any atom is 0.262 e. The topological polar surface area (TPSA) is 73.6 Å². The zero-order valence-corrected chi connectivity index (χ0v) is 11.1. The Morgan fingerprint density at radius 1 is 1.25 bits per heavy atom. The SMILES string of the molecule is Nc1cc2c(cc1Oc1ccc(Cl)cc1)NC(=O)CO2. The molecular weight excluding hydrogens is 280 g/mol. The van der Waals surface area contributed by atoms with Gasteiger partial charge >= 0.3 is 0 Å². The van der Waals surface area contributed by atoms with Crippen LogP contribution >= 0.6 is 11.6 Å². The number of hydrogen-bond donors (Lipinski definition) is 2. The van der Waals surface area contributed by atoms with Gasteiger partial charge < -0.3 is 20.5 Å². The van der Waals surface area contributed by atoms with E-state index in [0.29, 0.717) is 33.6 Å². The summed E-state index contributed by atoms with van der Waals surface area (Å²) in [7, 11) is 0. The molecule has 102 valence electrons. The summed E-state index contributed by atoms with van der Waals surface area (Å²) < 4.78 is 10.9. The fraction of sp³-hybridized carbons (Fsp3) is 0.0714. The molecule has 1 aliphatic rings. The lowest BCUT2D eigenvalue weighted by atomic mass is 10.2. The average molecular weight is 291 g/mol. The van der Waals surface area contributed by atoms with Gasteiger partial charge in [-0.25, -0.2) is 0 Å². The highest BCUT2D eigenvalue weighted by Gasteiger charge is 2.18. The number of rotatable bonds is 2. The van der Waals surface area contributed by atoms with Gasteiger partial charge in [0.1, 0.15) is 11.5 Å². The molecule has 0 fully saturated rings. The van der Waals surface area contributed by atoms with Crippen LogP contribution in [0.5, 0.6) is 17.2 Å². The van der Waals surface area contributed by atoms with Crippen molar-refractivity contribution < 1.29 is 14.3 Å². The number of nitrogens with two attached hydrogens (primary N) is 1. The summed E-state index contributed by atoms with van der Waals surface area (Å²) in [4.78, 5) is 11.3.